The fraction of sp³-hybridized carbons (Fsp3) is 0.682. The third-order valence-corrected chi connectivity index (χ3v) is 5.96. The van der Waals surface area contributed by atoms with E-state index < -0.39 is 6.10 Å². The SMILES string of the molecule is Cc1cc(Cl)ccc1OC(C)C(=O)N1CCC(CN2CC(C)OC(C)C2)CC1. The summed E-state index contributed by atoms with van der Waals surface area (Å²) in [5.41, 5.74) is 0.944. The summed E-state index contributed by atoms with van der Waals surface area (Å²) >= 11 is 6.00. The van der Waals surface area contributed by atoms with Gasteiger partial charge in [0, 0.05) is 37.7 Å². The number of hydrogen-bond acceptors (Lipinski definition) is 4. The van der Waals surface area contributed by atoms with Gasteiger partial charge < -0.3 is 14.4 Å². The summed E-state index contributed by atoms with van der Waals surface area (Å²) in [6.45, 7) is 12.8. The van der Waals surface area contributed by atoms with Gasteiger partial charge in [-0.15, -0.1) is 0 Å². The summed E-state index contributed by atoms with van der Waals surface area (Å²) < 4.78 is 11.7. The van der Waals surface area contributed by atoms with Crippen molar-refractivity contribution in [2.24, 2.45) is 5.92 Å². The third-order valence-electron chi connectivity index (χ3n) is 5.73. The highest BCUT2D eigenvalue weighted by Gasteiger charge is 2.30. The molecule has 0 N–H and O–H groups in total. The molecule has 5 nitrogen and oxygen atoms in total. The molecule has 1 aromatic carbocycles. The molecule has 0 aliphatic carbocycles. The largest absolute Gasteiger partial charge is 0.481 e. The zero-order valence-electron chi connectivity index (χ0n) is 17.5. The summed E-state index contributed by atoms with van der Waals surface area (Å²) in [5, 5.41) is 0.676. The first-order chi connectivity index (χ1) is 13.3. The van der Waals surface area contributed by atoms with E-state index in [0.717, 1.165) is 56.9 Å². The van der Waals surface area contributed by atoms with Crippen molar-refractivity contribution in [1.82, 2.24) is 9.80 Å². The van der Waals surface area contributed by atoms with Crippen LogP contribution < -0.4 is 4.74 Å². The molecular formula is C22H33ClN2O3. The minimum atomic E-state index is -0.489. The van der Waals surface area contributed by atoms with Gasteiger partial charge in [-0.3, -0.25) is 9.69 Å². The normalized spacial score (nSPS) is 25.5. The first-order valence-electron chi connectivity index (χ1n) is 10.4. The Kier molecular flexibility index (Phi) is 7.24. The molecule has 156 valence electrons. The maximum atomic E-state index is 12.8. The minimum absolute atomic E-state index is 0.0708. The number of nitrogens with zero attached hydrogens (tertiary/aromatic N) is 2. The van der Waals surface area contributed by atoms with Crippen molar-refractivity contribution in [3.05, 3.63) is 28.8 Å². The number of hydrogen-bond donors (Lipinski definition) is 0. The number of morpholine rings is 1. The van der Waals surface area contributed by atoms with E-state index >= 15 is 0 Å². The summed E-state index contributed by atoms with van der Waals surface area (Å²) in [6, 6.07) is 5.48. The third kappa shape index (κ3) is 5.62. The van der Waals surface area contributed by atoms with Crippen LogP contribution in [0.25, 0.3) is 0 Å². The molecule has 1 amide bonds. The first-order valence-corrected chi connectivity index (χ1v) is 10.8. The molecule has 0 spiro atoms. The first kappa shape index (κ1) is 21.4. The highest BCUT2D eigenvalue weighted by molar-refractivity contribution is 6.30. The minimum Gasteiger partial charge on any atom is -0.481 e. The fourth-order valence-electron chi connectivity index (χ4n) is 4.38. The van der Waals surface area contributed by atoms with Gasteiger partial charge in [-0.1, -0.05) is 11.6 Å². The van der Waals surface area contributed by atoms with Gasteiger partial charge in [-0.25, -0.2) is 0 Å². The van der Waals surface area contributed by atoms with Crippen molar-refractivity contribution >= 4 is 17.5 Å². The molecule has 2 aliphatic rings. The van der Waals surface area contributed by atoms with Gasteiger partial charge in [0.25, 0.3) is 5.91 Å². The quantitative estimate of drug-likeness (QED) is 0.743. The molecule has 3 unspecified atom stereocenters. The molecule has 2 heterocycles. The Morgan fingerprint density at radius 3 is 2.50 bits per heavy atom. The molecule has 1 aromatic rings. The lowest BCUT2D eigenvalue weighted by Crippen LogP contribution is -2.49. The monoisotopic (exact) mass is 408 g/mol. The molecule has 2 saturated heterocycles. The van der Waals surface area contributed by atoms with Gasteiger partial charge in [0.2, 0.25) is 0 Å². The van der Waals surface area contributed by atoms with Crippen LogP contribution in [0.4, 0.5) is 0 Å². The highest BCUT2D eigenvalue weighted by Crippen LogP contribution is 2.25. The van der Waals surface area contributed by atoms with Crippen LogP contribution in [-0.4, -0.2) is 66.7 Å². The molecule has 0 radical (unpaired) electrons. The summed E-state index contributed by atoms with van der Waals surface area (Å²) in [4.78, 5) is 17.3. The molecule has 6 heteroatoms. The number of ether oxygens (including phenoxy) is 2. The van der Waals surface area contributed by atoms with E-state index in [1.807, 2.05) is 30.9 Å². The van der Waals surface area contributed by atoms with Gasteiger partial charge in [-0.05, 0) is 70.2 Å². The lowest BCUT2D eigenvalue weighted by Gasteiger charge is -2.39. The zero-order valence-corrected chi connectivity index (χ0v) is 18.2. The van der Waals surface area contributed by atoms with Crippen molar-refractivity contribution in [2.75, 3.05) is 32.7 Å². The fourth-order valence-corrected chi connectivity index (χ4v) is 4.60. The predicted molar refractivity (Wildman–Crippen MR) is 112 cm³/mol. The number of likely N-dealkylation sites (tertiary alicyclic amines) is 1. The number of aryl methyl sites for hydroxylation is 1. The van der Waals surface area contributed by atoms with Crippen LogP contribution in [0.15, 0.2) is 18.2 Å². The number of rotatable bonds is 5. The van der Waals surface area contributed by atoms with E-state index in [2.05, 4.69) is 18.7 Å². The van der Waals surface area contributed by atoms with Gasteiger partial charge in [-0.2, -0.15) is 0 Å². The van der Waals surface area contributed by atoms with Crippen LogP contribution in [0.3, 0.4) is 0 Å². The molecule has 3 rings (SSSR count). The van der Waals surface area contributed by atoms with E-state index in [9.17, 15) is 4.79 Å². The number of carbonyl (C=O) groups is 1. The standard InChI is InChI=1S/C22H33ClN2O3/c1-15-11-20(23)5-6-21(15)28-18(4)22(26)25-9-7-19(8-10-25)14-24-12-16(2)27-17(3)13-24/h5-6,11,16-19H,7-10,12-14H2,1-4H3. The molecular weight excluding hydrogens is 376 g/mol. The number of halogens is 1. The molecule has 28 heavy (non-hydrogen) atoms. The second-order valence-electron chi connectivity index (χ2n) is 8.41. The maximum Gasteiger partial charge on any atom is 0.263 e. The lowest BCUT2D eigenvalue weighted by atomic mass is 9.95. The Morgan fingerprint density at radius 2 is 1.89 bits per heavy atom. The molecule has 2 fully saturated rings. The van der Waals surface area contributed by atoms with Crippen molar-refractivity contribution in [3.8, 4) is 5.75 Å². The number of carbonyl (C=O) groups excluding carboxylic acids is 1. The van der Waals surface area contributed by atoms with E-state index in [0.29, 0.717) is 23.1 Å². The van der Waals surface area contributed by atoms with Crippen molar-refractivity contribution in [1.29, 1.82) is 0 Å². The summed E-state index contributed by atoms with van der Waals surface area (Å²) in [7, 11) is 0. The highest BCUT2D eigenvalue weighted by atomic mass is 35.5. The van der Waals surface area contributed by atoms with Crippen LogP contribution >= 0.6 is 11.6 Å². The van der Waals surface area contributed by atoms with Crippen LogP contribution in [-0.2, 0) is 9.53 Å². The predicted octanol–water partition coefficient (Wildman–Crippen LogP) is 3.76. The van der Waals surface area contributed by atoms with Crippen LogP contribution in [0.5, 0.6) is 5.75 Å². The van der Waals surface area contributed by atoms with E-state index in [1.54, 1.807) is 6.07 Å². The molecule has 3 atom stereocenters. The van der Waals surface area contributed by atoms with Crippen molar-refractivity contribution in [2.45, 2.75) is 58.8 Å². The lowest BCUT2D eigenvalue weighted by molar-refractivity contribution is -0.139. The van der Waals surface area contributed by atoms with Crippen molar-refractivity contribution < 1.29 is 14.3 Å². The topological polar surface area (TPSA) is 42.0 Å². The second-order valence-corrected chi connectivity index (χ2v) is 8.85. The van der Waals surface area contributed by atoms with Crippen molar-refractivity contribution in [3.63, 3.8) is 0 Å². The molecule has 0 saturated carbocycles. The van der Waals surface area contributed by atoms with Crippen LogP contribution in [0, 0.1) is 12.8 Å². The second kappa shape index (κ2) is 9.47. The van der Waals surface area contributed by atoms with E-state index in [4.69, 9.17) is 21.1 Å². The molecule has 0 aromatic heterocycles. The summed E-state index contributed by atoms with van der Waals surface area (Å²) in [6.07, 6.45) is 2.23. The van der Waals surface area contributed by atoms with E-state index in [1.165, 1.54) is 0 Å². The van der Waals surface area contributed by atoms with Gasteiger partial charge in [0.1, 0.15) is 5.75 Å². The molecule has 2 aliphatic heterocycles. The Bertz CT molecular complexity index is 666. The zero-order chi connectivity index (χ0) is 20.3. The maximum absolute atomic E-state index is 12.8. The van der Waals surface area contributed by atoms with E-state index in [-0.39, 0.29) is 5.91 Å². The Balaban J connectivity index is 1.46. The average molecular weight is 409 g/mol. The smallest absolute Gasteiger partial charge is 0.263 e. The van der Waals surface area contributed by atoms with Gasteiger partial charge in [0.15, 0.2) is 6.10 Å². The van der Waals surface area contributed by atoms with Crippen LogP contribution in [0.1, 0.15) is 39.2 Å². The van der Waals surface area contributed by atoms with Crippen LogP contribution in [0.2, 0.25) is 5.02 Å². The number of piperidine rings is 1. The van der Waals surface area contributed by atoms with Gasteiger partial charge in [0.05, 0.1) is 12.2 Å². The number of amides is 1. The average Bonchev–Trinajstić information content (AvgIpc) is 2.63. The van der Waals surface area contributed by atoms with Gasteiger partial charge >= 0.3 is 0 Å². The number of benzene rings is 1. The Morgan fingerprint density at radius 1 is 1.25 bits per heavy atom. The molecule has 0 bridgehead atoms. The Labute approximate surface area is 173 Å². The Hall–Kier alpha value is -1.30. The summed E-state index contributed by atoms with van der Waals surface area (Å²) in [5.74, 6) is 1.44.